The summed E-state index contributed by atoms with van der Waals surface area (Å²) in [7, 11) is 0. The highest BCUT2D eigenvalue weighted by molar-refractivity contribution is 5.46. The number of hydrogen-bond donors (Lipinski definition) is 3. The van der Waals surface area contributed by atoms with Crippen LogP contribution in [0.1, 0.15) is 49.3 Å². The van der Waals surface area contributed by atoms with Crippen molar-refractivity contribution in [3.63, 3.8) is 0 Å². The van der Waals surface area contributed by atoms with E-state index < -0.39 is 0 Å². The van der Waals surface area contributed by atoms with Gasteiger partial charge in [-0.3, -0.25) is 4.79 Å². The predicted molar refractivity (Wildman–Crippen MR) is 136 cm³/mol. The van der Waals surface area contributed by atoms with Crippen LogP contribution in [0.25, 0.3) is 0 Å². The zero-order valence-electron chi connectivity index (χ0n) is 20.0. The molecule has 2 aliphatic heterocycles. The van der Waals surface area contributed by atoms with E-state index in [2.05, 4.69) is 72.6 Å². The molecule has 2 aliphatic rings. The van der Waals surface area contributed by atoms with Crippen LogP contribution in [-0.2, 0) is 17.8 Å². The number of hydrogen-bond acceptors (Lipinski definition) is 4. The Morgan fingerprint density at radius 1 is 1.12 bits per heavy atom. The highest BCUT2D eigenvalue weighted by Gasteiger charge is 2.23. The Kier molecular flexibility index (Phi) is 11.5. The van der Waals surface area contributed by atoms with Gasteiger partial charge in [-0.05, 0) is 79.6 Å². The summed E-state index contributed by atoms with van der Waals surface area (Å²) in [5.41, 5.74) is 4.07. The topological polar surface area (TPSA) is 64.6 Å². The first-order chi connectivity index (χ1) is 16.1. The van der Waals surface area contributed by atoms with Crippen molar-refractivity contribution in [3.8, 4) is 18.6 Å². The minimum Gasteiger partial charge on any atom is -0.508 e. The molecule has 2 heterocycles. The molecule has 1 fully saturated rings. The number of likely N-dealkylation sites (tertiary alicyclic amines) is 1. The van der Waals surface area contributed by atoms with Crippen molar-refractivity contribution < 1.29 is 9.90 Å². The van der Waals surface area contributed by atoms with Gasteiger partial charge in [0.05, 0.1) is 0 Å². The van der Waals surface area contributed by atoms with Gasteiger partial charge in [0.1, 0.15) is 5.75 Å². The van der Waals surface area contributed by atoms with Crippen molar-refractivity contribution in [1.29, 1.82) is 0 Å². The van der Waals surface area contributed by atoms with E-state index in [1.165, 1.54) is 29.5 Å². The van der Waals surface area contributed by atoms with Crippen molar-refractivity contribution in [2.75, 3.05) is 26.2 Å². The molecule has 0 aliphatic carbocycles. The van der Waals surface area contributed by atoms with Crippen LogP contribution < -0.4 is 10.6 Å². The summed E-state index contributed by atoms with van der Waals surface area (Å²) < 4.78 is 0. The second-order valence-electron chi connectivity index (χ2n) is 9.00. The van der Waals surface area contributed by atoms with E-state index in [-0.39, 0.29) is 6.04 Å². The molecule has 0 aromatic heterocycles. The predicted octanol–water partition coefficient (Wildman–Crippen LogP) is 3.92. The van der Waals surface area contributed by atoms with Crippen LogP contribution in [0.2, 0.25) is 0 Å². The van der Waals surface area contributed by atoms with Gasteiger partial charge in [-0.25, -0.2) is 0 Å². The molecule has 1 atom stereocenters. The Balaban J connectivity index is 0.000000249. The van der Waals surface area contributed by atoms with Crippen LogP contribution in [0, 0.1) is 18.8 Å². The number of benzene rings is 2. The van der Waals surface area contributed by atoms with Gasteiger partial charge in [-0.15, -0.1) is 12.8 Å². The van der Waals surface area contributed by atoms with E-state index >= 15 is 0 Å². The summed E-state index contributed by atoms with van der Waals surface area (Å²) in [5, 5.41) is 15.4. The molecule has 1 amide bonds. The molecule has 0 bridgehead atoms. The molecule has 5 heteroatoms. The number of phenolic OH excluding ortho intramolecular Hbond substituents is 1. The first kappa shape index (κ1) is 26.4. The third-order valence-corrected chi connectivity index (χ3v) is 6.48. The molecule has 2 aromatic carbocycles. The van der Waals surface area contributed by atoms with Crippen LogP contribution in [0.3, 0.4) is 0 Å². The lowest BCUT2D eigenvalue weighted by Crippen LogP contribution is -2.46. The van der Waals surface area contributed by atoms with Crippen molar-refractivity contribution >= 4 is 6.41 Å². The van der Waals surface area contributed by atoms with Crippen LogP contribution >= 0.6 is 0 Å². The van der Waals surface area contributed by atoms with E-state index in [0.29, 0.717) is 17.6 Å². The van der Waals surface area contributed by atoms with Crippen molar-refractivity contribution in [2.45, 2.75) is 51.6 Å². The average molecular weight is 450 g/mol. The number of fused-ring (bicyclic) bond motifs is 1. The van der Waals surface area contributed by atoms with Gasteiger partial charge in [0.15, 0.2) is 0 Å². The molecule has 0 radical (unpaired) electrons. The maximum atomic E-state index is 10.7. The Labute approximate surface area is 199 Å². The van der Waals surface area contributed by atoms with Gasteiger partial charge in [0, 0.05) is 19.1 Å². The molecular weight excluding hydrogens is 410 g/mol. The van der Waals surface area contributed by atoms with E-state index in [0.717, 1.165) is 45.6 Å². The molecular formula is C28H39N3O2. The lowest BCUT2D eigenvalue weighted by Gasteiger charge is -2.35. The molecule has 5 nitrogen and oxygen atoms in total. The van der Waals surface area contributed by atoms with Crippen LogP contribution in [0.15, 0.2) is 48.5 Å². The Morgan fingerprint density at radius 2 is 1.82 bits per heavy atom. The molecule has 0 spiro atoms. The first-order valence-corrected chi connectivity index (χ1v) is 11.9. The fourth-order valence-electron chi connectivity index (χ4n) is 4.46. The lowest BCUT2D eigenvalue weighted by molar-refractivity contribution is -0.110. The van der Waals surface area contributed by atoms with Crippen LogP contribution in [-0.4, -0.2) is 48.6 Å². The standard InChI is InChI=1S/C17H26N2O.C9H11NO.C2H2/c1-14(2)17(18-13-20)12-19-10-8-16(9-11-19)15-6-4-3-5-7-15;11-9-2-1-7-3-4-10-6-8(7)5-9;1-2/h3-7,13-14,16-17H,8-12H2,1-2H3,(H,18,20);1-2,5,10-11H,3-4,6H2;1-2H/t17-;;/m1../s1. The average Bonchev–Trinajstić information content (AvgIpc) is 2.86. The van der Waals surface area contributed by atoms with E-state index in [9.17, 15) is 4.79 Å². The lowest BCUT2D eigenvalue weighted by atomic mass is 9.89. The Bertz CT molecular complexity index is 843. The smallest absolute Gasteiger partial charge is 0.207 e. The number of carbonyl (C=O) groups is 1. The van der Waals surface area contributed by atoms with Gasteiger partial charge in [-0.1, -0.05) is 50.2 Å². The summed E-state index contributed by atoms with van der Waals surface area (Å²) in [6, 6.07) is 16.7. The number of carbonyl (C=O) groups excluding carboxylic acids is 1. The molecule has 2 aromatic rings. The van der Waals surface area contributed by atoms with E-state index in [1.807, 2.05) is 12.1 Å². The Hall–Kier alpha value is -2.81. The van der Waals surface area contributed by atoms with E-state index in [4.69, 9.17) is 5.11 Å². The summed E-state index contributed by atoms with van der Waals surface area (Å²) >= 11 is 0. The fraction of sp³-hybridized carbons (Fsp3) is 0.464. The zero-order valence-corrected chi connectivity index (χ0v) is 20.0. The van der Waals surface area contributed by atoms with Crippen molar-refractivity contribution in [1.82, 2.24) is 15.5 Å². The molecule has 0 saturated carbocycles. The number of aromatic hydroxyl groups is 1. The summed E-state index contributed by atoms with van der Waals surface area (Å²) in [5.74, 6) is 1.54. The van der Waals surface area contributed by atoms with Crippen molar-refractivity contribution in [2.24, 2.45) is 5.92 Å². The number of terminal acetylenes is 1. The molecule has 1 saturated heterocycles. The summed E-state index contributed by atoms with van der Waals surface area (Å²) in [6.07, 6.45) is 12.4. The quantitative estimate of drug-likeness (QED) is 0.462. The minimum atomic E-state index is 0.265. The second kappa shape index (κ2) is 14.4. The second-order valence-corrected chi connectivity index (χ2v) is 9.00. The van der Waals surface area contributed by atoms with Gasteiger partial charge < -0.3 is 20.6 Å². The van der Waals surface area contributed by atoms with Crippen molar-refractivity contribution in [3.05, 3.63) is 65.2 Å². The highest BCUT2D eigenvalue weighted by atomic mass is 16.3. The first-order valence-electron chi connectivity index (χ1n) is 11.9. The van der Waals surface area contributed by atoms with Crippen LogP contribution in [0.4, 0.5) is 0 Å². The normalized spacial score (nSPS) is 16.9. The number of phenols is 1. The number of amides is 1. The number of nitrogens with one attached hydrogen (secondary N) is 2. The van der Waals surface area contributed by atoms with E-state index in [1.54, 1.807) is 6.07 Å². The van der Waals surface area contributed by atoms with Gasteiger partial charge in [0.25, 0.3) is 0 Å². The largest absolute Gasteiger partial charge is 0.508 e. The molecule has 0 unspecified atom stereocenters. The van der Waals surface area contributed by atoms with Gasteiger partial charge in [-0.2, -0.15) is 0 Å². The third kappa shape index (κ3) is 8.57. The molecule has 4 rings (SSSR count). The zero-order chi connectivity index (χ0) is 24.1. The fourth-order valence-corrected chi connectivity index (χ4v) is 4.46. The van der Waals surface area contributed by atoms with Crippen LogP contribution in [0.5, 0.6) is 5.75 Å². The Morgan fingerprint density at radius 3 is 2.45 bits per heavy atom. The third-order valence-electron chi connectivity index (χ3n) is 6.48. The maximum Gasteiger partial charge on any atom is 0.207 e. The number of rotatable bonds is 6. The molecule has 3 N–H and O–H groups in total. The monoisotopic (exact) mass is 449 g/mol. The SMILES string of the molecule is C#C.CC(C)[C@@H](CN1CCC(c2ccccc2)CC1)NC=O.Oc1ccc2c(c1)CNCC2. The molecule has 33 heavy (non-hydrogen) atoms. The van der Waals surface area contributed by atoms with Gasteiger partial charge >= 0.3 is 0 Å². The minimum absolute atomic E-state index is 0.265. The molecule has 178 valence electrons. The number of piperidine rings is 1. The summed E-state index contributed by atoms with van der Waals surface area (Å²) in [4.78, 5) is 13.2. The van der Waals surface area contributed by atoms with Gasteiger partial charge in [0.2, 0.25) is 6.41 Å². The highest BCUT2D eigenvalue weighted by Crippen LogP contribution is 2.28. The maximum absolute atomic E-state index is 10.7. The number of nitrogens with zero attached hydrogens (tertiary/aromatic N) is 1. The summed E-state index contributed by atoms with van der Waals surface area (Å²) in [6.45, 7) is 9.50.